The number of hydrogen-bond acceptors (Lipinski definition) is 2. The maximum Gasteiger partial charge on any atom is 0.271 e. The summed E-state index contributed by atoms with van der Waals surface area (Å²) in [4.78, 5) is 0. The molecule has 0 spiro atoms. The van der Waals surface area contributed by atoms with E-state index in [1.54, 1.807) is 0 Å². The van der Waals surface area contributed by atoms with Gasteiger partial charge in [-0.25, -0.2) is 13.2 Å². The molecule has 1 N–H and O–H groups in total. The minimum atomic E-state index is -3.03. The molecule has 5 heteroatoms. The molecule has 0 saturated carbocycles. The molecule has 0 aromatic rings. The summed E-state index contributed by atoms with van der Waals surface area (Å²) in [5, 5.41) is 9.02. The lowest BCUT2D eigenvalue weighted by molar-refractivity contribution is -0.110. The highest BCUT2D eigenvalue weighted by Crippen LogP contribution is 2.22. The Morgan fingerprint density at radius 1 is 1.33 bits per heavy atom. The lowest BCUT2D eigenvalue weighted by Crippen LogP contribution is -2.38. The summed E-state index contributed by atoms with van der Waals surface area (Å²) in [6.45, 7) is 0.152. The van der Waals surface area contributed by atoms with Gasteiger partial charge in [0.1, 0.15) is 0 Å². The van der Waals surface area contributed by atoms with Crippen LogP contribution >= 0.6 is 0 Å². The molecule has 1 saturated heterocycles. The molecule has 3 unspecified atom stereocenters. The maximum atomic E-state index is 12.6. The van der Waals surface area contributed by atoms with Crippen LogP contribution in [-0.2, 0) is 4.74 Å². The molecular formula is C7H11F3O2. The molecule has 1 heterocycles. The van der Waals surface area contributed by atoms with Gasteiger partial charge in [-0.3, -0.25) is 0 Å². The number of alkyl halides is 3. The van der Waals surface area contributed by atoms with E-state index in [4.69, 9.17) is 9.84 Å². The Hall–Kier alpha value is -0.290. The van der Waals surface area contributed by atoms with Gasteiger partial charge in [-0.15, -0.1) is 0 Å². The molecule has 1 rings (SSSR count). The van der Waals surface area contributed by atoms with Gasteiger partial charge in [0.05, 0.1) is 12.2 Å². The van der Waals surface area contributed by atoms with Gasteiger partial charge in [0.25, 0.3) is 6.43 Å². The van der Waals surface area contributed by atoms with Crippen molar-refractivity contribution < 1.29 is 23.0 Å². The quantitative estimate of drug-likeness (QED) is 0.697. The predicted octanol–water partition coefficient (Wildman–Crippen LogP) is 1.13. The number of aliphatic hydroxyl groups is 1. The highest BCUT2D eigenvalue weighted by Gasteiger charge is 2.34. The predicted molar refractivity (Wildman–Crippen MR) is 35.9 cm³/mol. The summed E-state index contributed by atoms with van der Waals surface area (Å²) in [6, 6.07) is 0. The van der Waals surface area contributed by atoms with Gasteiger partial charge in [0, 0.05) is 13.0 Å². The molecular weight excluding hydrogens is 173 g/mol. The van der Waals surface area contributed by atoms with E-state index in [1.807, 2.05) is 0 Å². The van der Waals surface area contributed by atoms with Gasteiger partial charge >= 0.3 is 0 Å². The van der Waals surface area contributed by atoms with Crippen molar-refractivity contribution in [3.8, 4) is 0 Å². The van der Waals surface area contributed by atoms with Crippen molar-refractivity contribution in [3.63, 3.8) is 0 Å². The molecule has 1 fully saturated rings. The van der Waals surface area contributed by atoms with Gasteiger partial charge in [-0.05, 0) is 6.42 Å². The van der Waals surface area contributed by atoms with Crippen LogP contribution in [0.2, 0.25) is 0 Å². The van der Waals surface area contributed by atoms with E-state index < -0.39 is 24.8 Å². The summed E-state index contributed by atoms with van der Waals surface area (Å²) in [6.07, 6.45) is -6.80. The average molecular weight is 184 g/mol. The molecule has 1 aliphatic rings. The van der Waals surface area contributed by atoms with Gasteiger partial charge in [-0.1, -0.05) is 0 Å². The van der Waals surface area contributed by atoms with Crippen molar-refractivity contribution in [2.45, 2.75) is 37.6 Å². The second-order valence-corrected chi connectivity index (χ2v) is 2.87. The van der Waals surface area contributed by atoms with Crippen molar-refractivity contribution in [1.82, 2.24) is 0 Å². The van der Waals surface area contributed by atoms with E-state index in [0.717, 1.165) is 0 Å². The number of halogens is 3. The molecule has 0 aliphatic carbocycles. The Bertz CT molecular complexity index is 143. The third kappa shape index (κ3) is 2.35. The first-order chi connectivity index (χ1) is 5.61. The van der Waals surface area contributed by atoms with E-state index in [0.29, 0.717) is 6.42 Å². The van der Waals surface area contributed by atoms with E-state index >= 15 is 0 Å². The zero-order chi connectivity index (χ0) is 9.14. The molecule has 3 atom stereocenters. The molecule has 0 radical (unpaired) electrons. The summed E-state index contributed by atoms with van der Waals surface area (Å²) < 4.78 is 41.0. The van der Waals surface area contributed by atoms with Crippen LogP contribution in [0.4, 0.5) is 13.2 Å². The molecule has 12 heavy (non-hydrogen) atoms. The minimum Gasteiger partial charge on any atom is -0.393 e. The SMILES string of the molecule is OC1CCOC(C(F)C(F)F)C1. The summed E-state index contributed by atoms with van der Waals surface area (Å²) in [5.74, 6) is 0. The fourth-order valence-corrected chi connectivity index (χ4v) is 1.19. The highest BCUT2D eigenvalue weighted by molar-refractivity contribution is 4.78. The summed E-state index contributed by atoms with van der Waals surface area (Å²) in [5.41, 5.74) is 0. The number of hydrogen-bond donors (Lipinski definition) is 1. The Kier molecular flexibility index (Phi) is 3.34. The fraction of sp³-hybridized carbons (Fsp3) is 1.00. The standard InChI is InChI=1S/C7H11F3O2/c8-6(7(9)10)5-3-4(11)1-2-12-5/h4-7,11H,1-3H2. The van der Waals surface area contributed by atoms with Crippen LogP contribution in [0.15, 0.2) is 0 Å². The number of ether oxygens (including phenoxy) is 1. The van der Waals surface area contributed by atoms with Crippen LogP contribution in [-0.4, -0.2) is 36.5 Å². The maximum absolute atomic E-state index is 12.6. The van der Waals surface area contributed by atoms with Crippen molar-refractivity contribution in [2.24, 2.45) is 0 Å². The summed E-state index contributed by atoms with van der Waals surface area (Å²) >= 11 is 0. The van der Waals surface area contributed by atoms with E-state index in [1.165, 1.54) is 0 Å². The van der Waals surface area contributed by atoms with Crippen LogP contribution in [0.1, 0.15) is 12.8 Å². The second kappa shape index (κ2) is 4.09. The van der Waals surface area contributed by atoms with Crippen molar-refractivity contribution in [3.05, 3.63) is 0 Å². The number of rotatable bonds is 2. The Balaban J connectivity index is 2.40. The molecule has 1 aliphatic heterocycles. The monoisotopic (exact) mass is 184 g/mol. The third-order valence-electron chi connectivity index (χ3n) is 1.88. The summed E-state index contributed by atoms with van der Waals surface area (Å²) in [7, 11) is 0. The molecule has 0 aromatic carbocycles. The zero-order valence-electron chi connectivity index (χ0n) is 6.42. The molecule has 0 bridgehead atoms. The lowest BCUT2D eigenvalue weighted by atomic mass is 10.0. The Morgan fingerprint density at radius 3 is 2.50 bits per heavy atom. The smallest absolute Gasteiger partial charge is 0.271 e. The minimum absolute atomic E-state index is 0.0362. The van der Waals surface area contributed by atoms with Gasteiger partial charge in [0.15, 0.2) is 6.17 Å². The molecule has 2 nitrogen and oxygen atoms in total. The number of aliphatic hydroxyl groups excluding tert-OH is 1. The highest BCUT2D eigenvalue weighted by atomic mass is 19.3. The van der Waals surface area contributed by atoms with E-state index in [9.17, 15) is 13.2 Å². The van der Waals surface area contributed by atoms with E-state index in [-0.39, 0.29) is 13.0 Å². The van der Waals surface area contributed by atoms with Crippen molar-refractivity contribution >= 4 is 0 Å². The van der Waals surface area contributed by atoms with Crippen LogP contribution in [0.25, 0.3) is 0 Å². The lowest BCUT2D eigenvalue weighted by Gasteiger charge is -2.28. The van der Waals surface area contributed by atoms with Gasteiger partial charge in [-0.2, -0.15) is 0 Å². The van der Waals surface area contributed by atoms with E-state index in [2.05, 4.69) is 0 Å². The van der Waals surface area contributed by atoms with Crippen LogP contribution in [0.5, 0.6) is 0 Å². The topological polar surface area (TPSA) is 29.5 Å². The normalized spacial score (nSPS) is 33.8. The zero-order valence-corrected chi connectivity index (χ0v) is 6.42. The Morgan fingerprint density at radius 2 is 2.00 bits per heavy atom. The van der Waals surface area contributed by atoms with Crippen LogP contribution < -0.4 is 0 Å². The van der Waals surface area contributed by atoms with Gasteiger partial charge < -0.3 is 9.84 Å². The third-order valence-corrected chi connectivity index (χ3v) is 1.88. The van der Waals surface area contributed by atoms with Gasteiger partial charge in [0.2, 0.25) is 0 Å². The first-order valence-electron chi connectivity index (χ1n) is 3.83. The first kappa shape index (κ1) is 9.80. The van der Waals surface area contributed by atoms with Crippen molar-refractivity contribution in [2.75, 3.05) is 6.61 Å². The van der Waals surface area contributed by atoms with Crippen LogP contribution in [0.3, 0.4) is 0 Å². The first-order valence-corrected chi connectivity index (χ1v) is 3.83. The fourth-order valence-electron chi connectivity index (χ4n) is 1.19. The molecule has 72 valence electrons. The second-order valence-electron chi connectivity index (χ2n) is 2.87. The van der Waals surface area contributed by atoms with Crippen LogP contribution in [0, 0.1) is 0 Å². The average Bonchev–Trinajstić information content (AvgIpc) is 2.03. The Labute approximate surface area is 68.3 Å². The van der Waals surface area contributed by atoms with Crippen molar-refractivity contribution in [1.29, 1.82) is 0 Å². The largest absolute Gasteiger partial charge is 0.393 e. The molecule has 0 amide bonds. The molecule has 0 aromatic heterocycles.